The van der Waals surface area contributed by atoms with Gasteiger partial charge in [-0.05, 0) is 24.1 Å². The lowest BCUT2D eigenvalue weighted by molar-refractivity contribution is 0.460. The van der Waals surface area contributed by atoms with E-state index < -0.39 is 5.56 Å². The molecule has 0 saturated heterocycles. The first-order chi connectivity index (χ1) is 8.20. The van der Waals surface area contributed by atoms with Gasteiger partial charge in [0.15, 0.2) is 5.02 Å². The van der Waals surface area contributed by atoms with E-state index in [1.807, 2.05) is 24.3 Å². The molecule has 2 rings (SSSR count). The quantitative estimate of drug-likeness (QED) is 0.911. The Kier molecular flexibility index (Phi) is 3.44. The molecule has 0 amide bonds. The van der Waals surface area contributed by atoms with Crippen molar-refractivity contribution in [1.29, 1.82) is 0 Å². The summed E-state index contributed by atoms with van der Waals surface area (Å²) in [6, 6.07) is 7.54. The minimum Gasteiger partial charge on any atom is -0.437 e. The molecule has 0 fully saturated rings. The first kappa shape index (κ1) is 11.7. The molecule has 4 nitrogen and oxygen atoms in total. The zero-order valence-electron chi connectivity index (χ0n) is 9.24. The van der Waals surface area contributed by atoms with E-state index in [0.29, 0.717) is 5.75 Å². The van der Waals surface area contributed by atoms with Crippen molar-refractivity contribution in [1.82, 2.24) is 9.97 Å². The number of benzene rings is 1. The van der Waals surface area contributed by atoms with Crippen molar-refractivity contribution in [2.45, 2.75) is 13.3 Å². The lowest BCUT2D eigenvalue weighted by atomic mass is 10.2. The summed E-state index contributed by atoms with van der Waals surface area (Å²) in [6.07, 6.45) is 2.22. The predicted molar refractivity (Wildman–Crippen MR) is 65.8 cm³/mol. The lowest BCUT2D eigenvalue weighted by Crippen LogP contribution is -2.07. The number of nitrogens with one attached hydrogen (secondary N) is 1. The van der Waals surface area contributed by atoms with Gasteiger partial charge in [-0.1, -0.05) is 30.7 Å². The second-order valence-electron chi connectivity index (χ2n) is 3.45. The molecule has 0 aliphatic heterocycles. The molecule has 5 heteroatoms. The molecule has 1 N–H and O–H groups in total. The Hall–Kier alpha value is -1.81. The van der Waals surface area contributed by atoms with Crippen molar-refractivity contribution < 1.29 is 4.74 Å². The third-order valence-electron chi connectivity index (χ3n) is 2.31. The normalized spacial score (nSPS) is 10.2. The summed E-state index contributed by atoms with van der Waals surface area (Å²) < 4.78 is 5.43. The van der Waals surface area contributed by atoms with E-state index in [9.17, 15) is 4.79 Å². The fraction of sp³-hybridized carbons (Fsp3) is 0.167. The molecule has 88 valence electrons. The van der Waals surface area contributed by atoms with Crippen molar-refractivity contribution in [2.75, 3.05) is 0 Å². The predicted octanol–water partition coefficient (Wildman–Crippen LogP) is 2.78. The van der Waals surface area contributed by atoms with Crippen molar-refractivity contribution in [3.8, 4) is 11.6 Å². The van der Waals surface area contributed by atoms with E-state index in [0.717, 1.165) is 6.42 Å². The summed E-state index contributed by atoms with van der Waals surface area (Å²) >= 11 is 5.77. The lowest BCUT2D eigenvalue weighted by Gasteiger charge is -2.05. The number of ether oxygens (including phenoxy) is 1. The minimum atomic E-state index is -0.415. The maximum atomic E-state index is 11.2. The number of hydrogen-bond donors (Lipinski definition) is 1. The van der Waals surface area contributed by atoms with E-state index in [4.69, 9.17) is 16.3 Å². The van der Waals surface area contributed by atoms with Gasteiger partial charge in [0.05, 0.1) is 6.33 Å². The molecule has 0 aliphatic carbocycles. The molecule has 0 aliphatic rings. The molecule has 0 bridgehead atoms. The van der Waals surface area contributed by atoms with Gasteiger partial charge in [0, 0.05) is 0 Å². The summed E-state index contributed by atoms with van der Waals surface area (Å²) in [5.41, 5.74) is 0.796. The molecule has 0 saturated carbocycles. The third kappa shape index (κ3) is 2.65. The Morgan fingerprint density at radius 1 is 1.35 bits per heavy atom. The van der Waals surface area contributed by atoms with Gasteiger partial charge >= 0.3 is 0 Å². The number of hydrogen-bond acceptors (Lipinski definition) is 3. The van der Waals surface area contributed by atoms with E-state index in [1.165, 1.54) is 11.9 Å². The van der Waals surface area contributed by atoms with Crippen molar-refractivity contribution in [2.24, 2.45) is 0 Å². The van der Waals surface area contributed by atoms with Crippen LogP contribution in [0, 0.1) is 0 Å². The van der Waals surface area contributed by atoms with E-state index in [2.05, 4.69) is 16.9 Å². The molecular weight excluding hydrogens is 240 g/mol. The number of aryl methyl sites for hydroxylation is 1. The van der Waals surface area contributed by atoms with Crippen LogP contribution in [-0.2, 0) is 6.42 Å². The van der Waals surface area contributed by atoms with Crippen LogP contribution in [0.1, 0.15) is 12.5 Å². The number of nitrogens with zero attached hydrogens (tertiary/aromatic N) is 1. The van der Waals surface area contributed by atoms with Gasteiger partial charge in [-0.15, -0.1) is 0 Å². The average molecular weight is 251 g/mol. The summed E-state index contributed by atoms with van der Waals surface area (Å²) in [4.78, 5) is 17.5. The average Bonchev–Trinajstić information content (AvgIpc) is 2.36. The van der Waals surface area contributed by atoms with Crippen molar-refractivity contribution in [3.63, 3.8) is 0 Å². The molecule has 0 atom stereocenters. The van der Waals surface area contributed by atoms with E-state index >= 15 is 0 Å². The standard InChI is InChI=1S/C12H11ClN2O2/c1-2-8-3-5-9(6-4-8)17-12-10(13)11(16)14-7-15-12/h3-7H,2H2,1H3,(H,14,15,16). The third-order valence-corrected chi connectivity index (χ3v) is 2.64. The highest BCUT2D eigenvalue weighted by molar-refractivity contribution is 6.31. The smallest absolute Gasteiger partial charge is 0.273 e. The second-order valence-corrected chi connectivity index (χ2v) is 3.83. The summed E-state index contributed by atoms with van der Waals surface area (Å²) in [5.74, 6) is 0.710. The molecule has 1 aromatic carbocycles. The van der Waals surface area contributed by atoms with Crippen LogP contribution in [0.2, 0.25) is 5.02 Å². The van der Waals surface area contributed by atoms with Crippen molar-refractivity contribution >= 4 is 11.6 Å². The Labute approximate surface area is 103 Å². The van der Waals surface area contributed by atoms with E-state index in [-0.39, 0.29) is 10.9 Å². The van der Waals surface area contributed by atoms with Crippen LogP contribution in [0.3, 0.4) is 0 Å². The maximum absolute atomic E-state index is 11.2. The Morgan fingerprint density at radius 3 is 2.71 bits per heavy atom. The Bertz CT molecular complexity index is 563. The summed E-state index contributed by atoms with van der Waals surface area (Å²) in [6.45, 7) is 2.07. The molecule has 0 spiro atoms. The van der Waals surface area contributed by atoms with Gasteiger partial charge in [0.2, 0.25) is 5.88 Å². The highest BCUT2D eigenvalue weighted by Crippen LogP contribution is 2.23. The highest BCUT2D eigenvalue weighted by atomic mass is 35.5. The van der Waals surface area contributed by atoms with Crippen LogP contribution in [0.15, 0.2) is 35.4 Å². The zero-order valence-corrected chi connectivity index (χ0v) is 9.99. The van der Waals surface area contributed by atoms with Crippen LogP contribution in [-0.4, -0.2) is 9.97 Å². The molecule has 17 heavy (non-hydrogen) atoms. The van der Waals surface area contributed by atoms with Gasteiger partial charge in [0.1, 0.15) is 5.75 Å². The molecule has 0 unspecified atom stereocenters. The summed E-state index contributed by atoms with van der Waals surface area (Å²) in [7, 11) is 0. The molecular formula is C12H11ClN2O2. The largest absolute Gasteiger partial charge is 0.437 e. The second kappa shape index (κ2) is 5.01. The van der Waals surface area contributed by atoms with Gasteiger partial charge in [0.25, 0.3) is 5.56 Å². The number of aromatic amines is 1. The van der Waals surface area contributed by atoms with Gasteiger partial charge in [-0.2, -0.15) is 0 Å². The number of H-pyrrole nitrogens is 1. The van der Waals surface area contributed by atoms with Crippen LogP contribution in [0.4, 0.5) is 0 Å². The van der Waals surface area contributed by atoms with Gasteiger partial charge in [-0.25, -0.2) is 4.98 Å². The fourth-order valence-corrected chi connectivity index (χ4v) is 1.48. The molecule has 1 aromatic heterocycles. The minimum absolute atomic E-state index is 0.0490. The SMILES string of the molecule is CCc1ccc(Oc2nc[nH]c(=O)c2Cl)cc1. The van der Waals surface area contributed by atoms with Crippen LogP contribution in [0.5, 0.6) is 11.6 Å². The molecule has 2 aromatic rings. The number of aromatic nitrogens is 2. The number of rotatable bonds is 3. The Morgan fingerprint density at radius 2 is 2.06 bits per heavy atom. The van der Waals surface area contributed by atoms with Gasteiger partial charge in [-0.3, -0.25) is 4.79 Å². The van der Waals surface area contributed by atoms with E-state index in [1.54, 1.807) is 0 Å². The van der Waals surface area contributed by atoms with Gasteiger partial charge < -0.3 is 9.72 Å². The summed E-state index contributed by atoms with van der Waals surface area (Å²) in [5, 5.41) is -0.0490. The maximum Gasteiger partial charge on any atom is 0.273 e. The zero-order chi connectivity index (χ0) is 12.3. The molecule has 0 radical (unpaired) electrons. The topological polar surface area (TPSA) is 55.0 Å². The molecule has 1 heterocycles. The monoisotopic (exact) mass is 250 g/mol. The first-order valence-corrected chi connectivity index (χ1v) is 5.58. The van der Waals surface area contributed by atoms with Crippen molar-refractivity contribution in [3.05, 3.63) is 51.5 Å². The number of halogens is 1. The highest BCUT2D eigenvalue weighted by Gasteiger charge is 2.07. The fourth-order valence-electron chi connectivity index (χ4n) is 1.34. The van der Waals surface area contributed by atoms with Crippen LogP contribution < -0.4 is 10.3 Å². The first-order valence-electron chi connectivity index (χ1n) is 5.20. The van der Waals surface area contributed by atoms with Crippen LogP contribution >= 0.6 is 11.6 Å². The van der Waals surface area contributed by atoms with Crippen LogP contribution in [0.25, 0.3) is 0 Å². The Balaban J connectivity index is 2.25.